The largest absolute Gasteiger partial charge is 0.310 e. The zero-order valence-corrected chi connectivity index (χ0v) is 14.6. The Balaban J connectivity index is 1.71. The lowest BCUT2D eigenvalue weighted by molar-refractivity contribution is 0.723. The van der Waals surface area contributed by atoms with E-state index in [0.29, 0.717) is 0 Å². The van der Waals surface area contributed by atoms with Crippen LogP contribution in [0, 0.1) is 0 Å². The molecule has 2 aromatic rings. The molecule has 1 fully saturated rings. The van der Waals surface area contributed by atoms with Crippen molar-refractivity contribution in [3.05, 3.63) is 51.3 Å². The highest BCUT2D eigenvalue weighted by molar-refractivity contribution is 9.10. The number of halogens is 1. The van der Waals surface area contributed by atoms with Gasteiger partial charge in [-0.25, -0.2) is 0 Å². The van der Waals surface area contributed by atoms with E-state index in [1.165, 1.54) is 33.7 Å². The molecule has 3 rings (SSSR count). The van der Waals surface area contributed by atoms with Crippen molar-refractivity contribution in [1.29, 1.82) is 0 Å². The van der Waals surface area contributed by atoms with Crippen LogP contribution in [0.5, 0.6) is 0 Å². The maximum Gasteiger partial charge on any atom is 0.0349 e. The molecule has 1 nitrogen and oxygen atoms in total. The first-order valence-electron chi connectivity index (χ1n) is 7.53. The van der Waals surface area contributed by atoms with Gasteiger partial charge in [0.1, 0.15) is 0 Å². The molecule has 1 aliphatic rings. The first kappa shape index (κ1) is 15.0. The highest BCUT2D eigenvalue weighted by atomic mass is 79.9. The van der Waals surface area contributed by atoms with Crippen LogP contribution in [0.2, 0.25) is 0 Å². The van der Waals surface area contributed by atoms with E-state index in [2.05, 4.69) is 70.6 Å². The first-order valence-corrected chi connectivity index (χ1v) is 9.14. The quantitative estimate of drug-likeness (QED) is 0.693. The molecule has 1 N–H and O–H groups in total. The summed E-state index contributed by atoms with van der Waals surface area (Å²) in [4.78, 5) is 2.68. The molecule has 0 spiro atoms. The fourth-order valence-corrected chi connectivity index (χ4v) is 3.51. The minimum Gasteiger partial charge on any atom is -0.310 e. The normalized spacial score (nSPS) is 15.4. The summed E-state index contributed by atoms with van der Waals surface area (Å²) < 4.78 is 1.13. The Kier molecular flexibility index (Phi) is 4.94. The zero-order chi connectivity index (χ0) is 14.7. The molecular weight excluding hydrogens is 342 g/mol. The van der Waals surface area contributed by atoms with Crippen LogP contribution in [0.15, 0.2) is 46.4 Å². The van der Waals surface area contributed by atoms with Gasteiger partial charge in [-0.2, -0.15) is 0 Å². The maximum atomic E-state index is 3.60. The standard InChI is InChI=1S/C18H20BrNS/c1-2-13(12-20-16-7-8-16)11-17-9-10-18(21-17)14-3-5-15(19)6-4-14/h3-6,9-11,16,20H,2,7-8,12H2,1H3. The van der Waals surface area contributed by atoms with Crippen LogP contribution in [-0.2, 0) is 0 Å². The SMILES string of the molecule is CCC(=Cc1ccc(-c2ccc(Br)cc2)s1)CNC1CC1. The third-order valence-electron chi connectivity index (χ3n) is 3.75. The summed E-state index contributed by atoms with van der Waals surface area (Å²) in [6, 6.07) is 13.8. The Bertz CT molecular complexity index is 623. The molecule has 0 bridgehead atoms. The number of nitrogens with one attached hydrogen (secondary N) is 1. The highest BCUT2D eigenvalue weighted by Crippen LogP contribution is 2.30. The summed E-state index contributed by atoms with van der Waals surface area (Å²) in [6.07, 6.45) is 6.17. The van der Waals surface area contributed by atoms with Gasteiger partial charge in [-0.3, -0.25) is 0 Å². The topological polar surface area (TPSA) is 12.0 Å². The summed E-state index contributed by atoms with van der Waals surface area (Å²) >= 11 is 5.35. The molecule has 0 saturated heterocycles. The molecule has 0 unspecified atom stereocenters. The van der Waals surface area contributed by atoms with E-state index < -0.39 is 0 Å². The van der Waals surface area contributed by atoms with E-state index in [4.69, 9.17) is 0 Å². The van der Waals surface area contributed by atoms with Gasteiger partial charge in [-0.15, -0.1) is 11.3 Å². The van der Waals surface area contributed by atoms with E-state index in [-0.39, 0.29) is 0 Å². The number of benzene rings is 1. The van der Waals surface area contributed by atoms with Crippen LogP contribution >= 0.6 is 27.3 Å². The average molecular weight is 362 g/mol. The average Bonchev–Trinajstić information content (AvgIpc) is 3.22. The minimum absolute atomic E-state index is 0.779. The summed E-state index contributed by atoms with van der Waals surface area (Å²) in [5, 5.41) is 3.60. The van der Waals surface area contributed by atoms with Gasteiger partial charge in [0.05, 0.1) is 0 Å². The highest BCUT2D eigenvalue weighted by Gasteiger charge is 2.20. The van der Waals surface area contributed by atoms with Crippen LogP contribution in [0.1, 0.15) is 31.1 Å². The van der Waals surface area contributed by atoms with Gasteiger partial charge in [0, 0.05) is 26.8 Å². The Morgan fingerprint density at radius 2 is 2.00 bits per heavy atom. The Morgan fingerprint density at radius 1 is 1.24 bits per heavy atom. The second kappa shape index (κ2) is 6.91. The third kappa shape index (κ3) is 4.29. The molecule has 110 valence electrons. The molecule has 0 amide bonds. The lowest BCUT2D eigenvalue weighted by atomic mass is 10.1. The van der Waals surface area contributed by atoms with Gasteiger partial charge in [-0.1, -0.05) is 40.6 Å². The van der Waals surface area contributed by atoms with Crippen molar-refractivity contribution in [2.75, 3.05) is 6.54 Å². The van der Waals surface area contributed by atoms with Crippen LogP contribution in [0.25, 0.3) is 16.5 Å². The van der Waals surface area contributed by atoms with E-state index >= 15 is 0 Å². The molecule has 0 radical (unpaired) electrons. The van der Waals surface area contributed by atoms with Gasteiger partial charge in [0.15, 0.2) is 0 Å². The van der Waals surface area contributed by atoms with Crippen molar-refractivity contribution < 1.29 is 0 Å². The Labute approximate surface area is 139 Å². The lowest BCUT2D eigenvalue weighted by Crippen LogP contribution is -2.18. The van der Waals surface area contributed by atoms with Gasteiger partial charge in [-0.05, 0) is 55.2 Å². The first-order chi connectivity index (χ1) is 10.2. The van der Waals surface area contributed by atoms with Crippen molar-refractivity contribution >= 4 is 33.3 Å². The fraction of sp³-hybridized carbons (Fsp3) is 0.333. The second-order valence-electron chi connectivity index (χ2n) is 5.52. The fourth-order valence-electron chi connectivity index (χ4n) is 2.24. The predicted octanol–water partition coefficient (Wildman–Crippen LogP) is 5.72. The summed E-state index contributed by atoms with van der Waals surface area (Å²) in [5.41, 5.74) is 2.78. The molecule has 0 aliphatic heterocycles. The molecule has 1 aliphatic carbocycles. The second-order valence-corrected chi connectivity index (χ2v) is 7.55. The number of thiophene rings is 1. The molecule has 1 saturated carbocycles. The molecule has 1 aromatic carbocycles. The van der Waals surface area contributed by atoms with Crippen LogP contribution in [-0.4, -0.2) is 12.6 Å². The van der Waals surface area contributed by atoms with Crippen molar-refractivity contribution in [1.82, 2.24) is 5.32 Å². The number of hydrogen-bond donors (Lipinski definition) is 1. The predicted molar refractivity (Wildman–Crippen MR) is 96.7 cm³/mol. The van der Waals surface area contributed by atoms with E-state index in [1.54, 1.807) is 0 Å². The van der Waals surface area contributed by atoms with E-state index in [0.717, 1.165) is 23.5 Å². The smallest absolute Gasteiger partial charge is 0.0349 e. The summed E-state index contributed by atoms with van der Waals surface area (Å²) in [6.45, 7) is 3.27. The van der Waals surface area contributed by atoms with Gasteiger partial charge >= 0.3 is 0 Å². The van der Waals surface area contributed by atoms with Gasteiger partial charge in [0.2, 0.25) is 0 Å². The van der Waals surface area contributed by atoms with Crippen LogP contribution < -0.4 is 5.32 Å². The molecule has 3 heteroatoms. The summed E-state index contributed by atoms with van der Waals surface area (Å²) in [5.74, 6) is 0. The van der Waals surface area contributed by atoms with Crippen molar-refractivity contribution in [2.45, 2.75) is 32.2 Å². The molecule has 0 atom stereocenters. The molecule has 1 heterocycles. The maximum absolute atomic E-state index is 3.60. The Morgan fingerprint density at radius 3 is 2.67 bits per heavy atom. The molecule has 21 heavy (non-hydrogen) atoms. The number of hydrogen-bond acceptors (Lipinski definition) is 2. The lowest BCUT2D eigenvalue weighted by Gasteiger charge is -2.05. The van der Waals surface area contributed by atoms with Gasteiger partial charge in [0.25, 0.3) is 0 Å². The van der Waals surface area contributed by atoms with E-state index in [1.807, 2.05) is 11.3 Å². The summed E-state index contributed by atoms with van der Waals surface area (Å²) in [7, 11) is 0. The van der Waals surface area contributed by atoms with Crippen molar-refractivity contribution in [2.24, 2.45) is 0 Å². The van der Waals surface area contributed by atoms with Crippen LogP contribution in [0.3, 0.4) is 0 Å². The third-order valence-corrected chi connectivity index (χ3v) is 5.36. The molecule has 1 aromatic heterocycles. The Hall–Kier alpha value is -0.900. The van der Waals surface area contributed by atoms with Crippen molar-refractivity contribution in [3.8, 4) is 10.4 Å². The van der Waals surface area contributed by atoms with Crippen molar-refractivity contribution in [3.63, 3.8) is 0 Å². The number of rotatable bonds is 6. The molecular formula is C18H20BrNS. The van der Waals surface area contributed by atoms with Gasteiger partial charge < -0.3 is 5.32 Å². The minimum atomic E-state index is 0.779. The zero-order valence-electron chi connectivity index (χ0n) is 12.2. The van der Waals surface area contributed by atoms with E-state index in [9.17, 15) is 0 Å². The van der Waals surface area contributed by atoms with Crippen LogP contribution in [0.4, 0.5) is 0 Å². The monoisotopic (exact) mass is 361 g/mol.